The van der Waals surface area contributed by atoms with Crippen LogP contribution >= 0.6 is 23.4 Å². The van der Waals surface area contributed by atoms with Crippen LogP contribution in [0.25, 0.3) is 17.3 Å². The van der Waals surface area contributed by atoms with Gasteiger partial charge in [0.2, 0.25) is 11.7 Å². The molecule has 2 aromatic heterocycles. The summed E-state index contributed by atoms with van der Waals surface area (Å²) in [5.74, 6) is 1.02. The van der Waals surface area contributed by atoms with Gasteiger partial charge in [0.15, 0.2) is 10.9 Å². The standard InChI is InChI=1S/C21H17ClN4O2S/c1-14(20(27)23-16-8-5-7-15(22)13-16)29-21-25-24-19(18-11-6-12-28-18)26(21)17-9-3-2-4-10-17/h2-14H,1H3,(H,23,27)/t14-/m1/s1. The number of amides is 1. The summed E-state index contributed by atoms with van der Waals surface area (Å²) in [5.41, 5.74) is 1.53. The average molecular weight is 425 g/mol. The van der Waals surface area contributed by atoms with E-state index in [-0.39, 0.29) is 5.91 Å². The second-order valence-corrected chi connectivity index (χ2v) is 7.96. The summed E-state index contributed by atoms with van der Waals surface area (Å²) in [7, 11) is 0. The van der Waals surface area contributed by atoms with Gasteiger partial charge in [0.1, 0.15) is 0 Å². The second kappa shape index (κ2) is 8.55. The smallest absolute Gasteiger partial charge is 0.237 e. The average Bonchev–Trinajstić information content (AvgIpc) is 3.38. The first-order chi connectivity index (χ1) is 14.1. The van der Waals surface area contributed by atoms with Crippen molar-refractivity contribution in [2.45, 2.75) is 17.3 Å². The van der Waals surface area contributed by atoms with Crippen LogP contribution in [-0.2, 0) is 4.79 Å². The van der Waals surface area contributed by atoms with E-state index in [0.29, 0.717) is 27.5 Å². The summed E-state index contributed by atoms with van der Waals surface area (Å²) in [6.07, 6.45) is 1.59. The van der Waals surface area contributed by atoms with Gasteiger partial charge in [-0.15, -0.1) is 10.2 Å². The van der Waals surface area contributed by atoms with Crippen molar-refractivity contribution in [2.75, 3.05) is 5.32 Å². The molecule has 6 nitrogen and oxygen atoms in total. The van der Waals surface area contributed by atoms with E-state index in [1.807, 2.05) is 47.9 Å². The molecule has 0 aliphatic rings. The minimum Gasteiger partial charge on any atom is -0.461 e. The van der Waals surface area contributed by atoms with Crippen LogP contribution < -0.4 is 5.32 Å². The Hall–Kier alpha value is -3.03. The number of carbonyl (C=O) groups is 1. The van der Waals surface area contributed by atoms with E-state index in [1.165, 1.54) is 11.8 Å². The molecule has 0 fully saturated rings. The molecular formula is C21H17ClN4O2S. The zero-order valence-corrected chi connectivity index (χ0v) is 17.0. The maximum atomic E-state index is 12.7. The highest BCUT2D eigenvalue weighted by atomic mass is 35.5. The molecule has 0 aliphatic carbocycles. The van der Waals surface area contributed by atoms with Crippen molar-refractivity contribution >= 4 is 35.0 Å². The monoisotopic (exact) mass is 424 g/mol. The molecule has 1 amide bonds. The molecule has 0 aliphatic heterocycles. The Morgan fingerprint density at radius 3 is 2.66 bits per heavy atom. The van der Waals surface area contributed by atoms with E-state index in [4.69, 9.17) is 16.0 Å². The number of benzene rings is 2. The Morgan fingerprint density at radius 1 is 1.10 bits per heavy atom. The summed E-state index contributed by atoms with van der Waals surface area (Å²) in [5, 5.41) is 12.2. The lowest BCUT2D eigenvalue weighted by Gasteiger charge is -2.13. The van der Waals surface area contributed by atoms with Crippen molar-refractivity contribution in [3.63, 3.8) is 0 Å². The Morgan fingerprint density at radius 2 is 1.93 bits per heavy atom. The molecule has 29 heavy (non-hydrogen) atoms. The van der Waals surface area contributed by atoms with E-state index in [0.717, 1.165) is 5.69 Å². The van der Waals surface area contributed by atoms with Crippen LogP contribution in [0.1, 0.15) is 6.92 Å². The Kier molecular flexibility index (Phi) is 5.69. The number of para-hydroxylation sites is 1. The SMILES string of the molecule is C[C@@H](Sc1nnc(-c2ccco2)n1-c1ccccc1)C(=O)Nc1cccc(Cl)c1. The highest BCUT2D eigenvalue weighted by Gasteiger charge is 2.23. The third-order valence-corrected chi connectivity index (χ3v) is 5.41. The Labute approximate surface area is 176 Å². The van der Waals surface area contributed by atoms with E-state index < -0.39 is 5.25 Å². The van der Waals surface area contributed by atoms with Crippen LogP contribution in [0.5, 0.6) is 0 Å². The first-order valence-electron chi connectivity index (χ1n) is 8.89. The van der Waals surface area contributed by atoms with Crippen molar-refractivity contribution in [2.24, 2.45) is 0 Å². The largest absolute Gasteiger partial charge is 0.461 e. The summed E-state index contributed by atoms with van der Waals surface area (Å²) < 4.78 is 7.39. The number of thioether (sulfide) groups is 1. The third kappa shape index (κ3) is 4.36. The third-order valence-electron chi connectivity index (χ3n) is 4.13. The fourth-order valence-electron chi connectivity index (χ4n) is 2.74. The maximum Gasteiger partial charge on any atom is 0.237 e. The lowest BCUT2D eigenvalue weighted by atomic mass is 10.3. The normalized spacial score (nSPS) is 11.9. The molecule has 1 atom stereocenters. The lowest BCUT2D eigenvalue weighted by molar-refractivity contribution is -0.115. The minimum atomic E-state index is -0.412. The quantitative estimate of drug-likeness (QED) is 0.425. The van der Waals surface area contributed by atoms with Crippen molar-refractivity contribution in [1.29, 1.82) is 0 Å². The fourth-order valence-corrected chi connectivity index (χ4v) is 3.80. The molecular weight excluding hydrogens is 408 g/mol. The molecule has 0 unspecified atom stereocenters. The molecule has 0 saturated carbocycles. The van der Waals surface area contributed by atoms with Crippen LogP contribution in [0.4, 0.5) is 5.69 Å². The summed E-state index contributed by atoms with van der Waals surface area (Å²) >= 11 is 7.31. The van der Waals surface area contributed by atoms with Gasteiger partial charge in [0.05, 0.1) is 11.5 Å². The van der Waals surface area contributed by atoms with Gasteiger partial charge in [-0.3, -0.25) is 9.36 Å². The van der Waals surface area contributed by atoms with E-state index in [1.54, 1.807) is 36.6 Å². The highest BCUT2D eigenvalue weighted by molar-refractivity contribution is 8.00. The van der Waals surface area contributed by atoms with E-state index in [9.17, 15) is 4.79 Å². The van der Waals surface area contributed by atoms with Gasteiger partial charge < -0.3 is 9.73 Å². The fraction of sp³-hybridized carbons (Fsp3) is 0.0952. The molecule has 146 valence electrons. The number of halogens is 1. The molecule has 0 bridgehead atoms. The molecule has 0 saturated heterocycles. The summed E-state index contributed by atoms with van der Waals surface area (Å²) in [6, 6.07) is 20.4. The Bertz CT molecular complexity index is 1110. The lowest BCUT2D eigenvalue weighted by Crippen LogP contribution is -2.22. The van der Waals surface area contributed by atoms with Crippen LogP contribution in [0.15, 0.2) is 82.6 Å². The van der Waals surface area contributed by atoms with Crippen LogP contribution in [0.3, 0.4) is 0 Å². The van der Waals surface area contributed by atoms with Gasteiger partial charge in [-0.25, -0.2) is 0 Å². The number of carbonyl (C=O) groups excluding carboxylic acids is 1. The minimum absolute atomic E-state index is 0.153. The van der Waals surface area contributed by atoms with E-state index in [2.05, 4.69) is 15.5 Å². The number of nitrogens with one attached hydrogen (secondary N) is 1. The van der Waals surface area contributed by atoms with Crippen molar-refractivity contribution < 1.29 is 9.21 Å². The van der Waals surface area contributed by atoms with Gasteiger partial charge in [-0.2, -0.15) is 0 Å². The zero-order chi connectivity index (χ0) is 20.2. The molecule has 0 spiro atoms. The molecule has 0 radical (unpaired) electrons. The molecule has 4 aromatic rings. The number of hydrogen-bond donors (Lipinski definition) is 1. The predicted octanol–water partition coefficient (Wildman–Crippen LogP) is 5.30. The molecule has 4 rings (SSSR count). The first kappa shape index (κ1) is 19.3. The number of aromatic nitrogens is 3. The molecule has 2 aromatic carbocycles. The van der Waals surface area contributed by atoms with Crippen molar-refractivity contribution in [3.8, 4) is 17.3 Å². The van der Waals surface area contributed by atoms with Gasteiger partial charge in [0, 0.05) is 16.4 Å². The first-order valence-corrected chi connectivity index (χ1v) is 10.2. The number of anilines is 1. The van der Waals surface area contributed by atoms with Crippen LogP contribution in [0.2, 0.25) is 5.02 Å². The van der Waals surface area contributed by atoms with Gasteiger partial charge in [-0.05, 0) is 49.4 Å². The Balaban J connectivity index is 1.60. The molecule has 8 heteroatoms. The van der Waals surface area contributed by atoms with Crippen molar-refractivity contribution in [1.82, 2.24) is 14.8 Å². The number of nitrogens with zero attached hydrogens (tertiary/aromatic N) is 3. The predicted molar refractivity (Wildman–Crippen MR) is 114 cm³/mol. The highest BCUT2D eigenvalue weighted by Crippen LogP contribution is 2.30. The summed E-state index contributed by atoms with van der Waals surface area (Å²) in [6.45, 7) is 1.82. The summed E-state index contributed by atoms with van der Waals surface area (Å²) in [4.78, 5) is 12.7. The van der Waals surface area contributed by atoms with Crippen LogP contribution in [0, 0.1) is 0 Å². The molecule has 1 N–H and O–H groups in total. The second-order valence-electron chi connectivity index (χ2n) is 6.21. The number of furan rings is 1. The topological polar surface area (TPSA) is 73.0 Å². The zero-order valence-electron chi connectivity index (χ0n) is 15.4. The van der Waals surface area contributed by atoms with Gasteiger partial charge >= 0.3 is 0 Å². The van der Waals surface area contributed by atoms with Crippen LogP contribution in [-0.4, -0.2) is 25.9 Å². The number of hydrogen-bond acceptors (Lipinski definition) is 5. The molecule has 2 heterocycles. The van der Waals surface area contributed by atoms with Gasteiger partial charge in [-0.1, -0.05) is 47.6 Å². The maximum absolute atomic E-state index is 12.7. The van der Waals surface area contributed by atoms with E-state index >= 15 is 0 Å². The van der Waals surface area contributed by atoms with Crippen molar-refractivity contribution in [3.05, 3.63) is 78.0 Å². The number of rotatable bonds is 6. The van der Waals surface area contributed by atoms with Gasteiger partial charge in [0.25, 0.3) is 0 Å².